The standard InChI is InChI=1S/C22H20N3O2/c1-5-23-14(2)15-10-11-16-12-17(22(26)27-20(16)13-15)21-24(3)18-8-6-7-9-19(18)25(21)4/h5-13,23H,1-2H2,3-4H3/q+1. The summed E-state index contributed by atoms with van der Waals surface area (Å²) in [5.74, 6) is 0.800. The smallest absolute Gasteiger partial charge is 0.351 e. The minimum atomic E-state index is -0.372. The van der Waals surface area contributed by atoms with Gasteiger partial charge in [0.2, 0.25) is 0 Å². The van der Waals surface area contributed by atoms with E-state index in [0.717, 1.165) is 27.8 Å². The van der Waals surface area contributed by atoms with E-state index in [1.807, 2.05) is 65.7 Å². The lowest BCUT2D eigenvalue weighted by molar-refractivity contribution is -0.634. The van der Waals surface area contributed by atoms with Crippen LogP contribution in [0, 0.1) is 0 Å². The highest BCUT2D eigenvalue weighted by Gasteiger charge is 2.25. The molecule has 2 heterocycles. The molecule has 0 aliphatic heterocycles. The van der Waals surface area contributed by atoms with Gasteiger partial charge in [0.1, 0.15) is 5.58 Å². The van der Waals surface area contributed by atoms with Crippen molar-refractivity contribution in [3.8, 4) is 11.4 Å². The van der Waals surface area contributed by atoms with Crippen LogP contribution >= 0.6 is 0 Å². The normalized spacial score (nSPS) is 11.0. The molecule has 0 fully saturated rings. The van der Waals surface area contributed by atoms with E-state index in [9.17, 15) is 4.79 Å². The van der Waals surface area contributed by atoms with Crippen LogP contribution in [0.15, 0.2) is 77.1 Å². The average molecular weight is 358 g/mol. The molecule has 0 spiro atoms. The molecule has 0 saturated carbocycles. The molecule has 0 unspecified atom stereocenters. The third kappa shape index (κ3) is 2.64. The Labute approximate surface area is 156 Å². The fourth-order valence-corrected chi connectivity index (χ4v) is 3.51. The number of imidazole rings is 1. The Balaban J connectivity index is 1.93. The minimum Gasteiger partial charge on any atom is -0.422 e. The highest BCUT2D eigenvalue weighted by Crippen LogP contribution is 2.24. The van der Waals surface area contributed by atoms with E-state index in [1.165, 1.54) is 0 Å². The van der Waals surface area contributed by atoms with E-state index in [2.05, 4.69) is 18.5 Å². The second-order valence-electron chi connectivity index (χ2n) is 6.46. The van der Waals surface area contributed by atoms with Gasteiger partial charge in [0.25, 0.3) is 5.82 Å². The second-order valence-corrected chi connectivity index (χ2v) is 6.46. The molecular weight excluding hydrogens is 338 g/mol. The first kappa shape index (κ1) is 16.8. The van der Waals surface area contributed by atoms with Crippen molar-refractivity contribution in [2.24, 2.45) is 14.1 Å². The van der Waals surface area contributed by atoms with E-state index in [0.29, 0.717) is 16.8 Å². The lowest BCUT2D eigenvalue weighted by Gasteiger charge is -2.07. The van der Waals surface area contributed by atoms with Crippen LogP contribution in [0.2, 0.25) is 0 Å². The van der Waals surface area contributed by atoms with E-state index in [4.69, 9.17) is 4.42 Å². The molecule has 0 saturated heterocycles. The van der Waals surface area contributed by atoms with Crippen molar-refractivity contribution in [3.63, 3.8) is 0 Å². The lowest BCUT2D eigenvalue weighted by atomic mass is 10.1. The second kappa shape index (κ2) is 6.29. The Kier molecular flexibility index (Phi) is 3.92. The summed E-state index contributed by atoms with van der Waals surface area (Å²) in [4.78, 5) is 12.8. The van der Waals surface area contributed by atoms with E-state index < -0.39 is 0 Å². The monoisotopic (exact) mass is 358 g/mol. The SMILES string of the molecule is C=CNC(=C)c1ccc2cc(-c3n(C)c4ccccc4[n+]3C)c(=O)oc2c1. The molecule has 2 aromatic carbocycles. The van der Waals surface area contributed by atoms with Crippen molar-refractivity contribution in [3.05, 3.63) is 83.9 Å². The van der Waals surface area contributed by atoms with Crippen molar-refractivity contribution in [1.29, 1.82) is 0 Å². The van der Waals surface area contributed by atoms with Gasteiger partial charge >= 0.3 is 5.63 Å². The molecule has 5 heteroatoms. The molecule has 0 atom stereocenters. The summed E-state index contributed by atoms with van der Waals surface area (Å²) < 4.78 is 9.67. The van der Waals surface area contributed by atoms with Gasteiger partial charge in [-0.15, -0.1) is 0 Å². The number of hydrogen-bond donors (Lipinski definition) is 1. The summed E-state index contributed by atoms with van der Waals surface area (Å²) in [7, 11) is 3.91. The third-order valence-corrected chi connectivity index (χ3v) is 4.84. The first-order valence-electron chi connectivity index (χ1n) is 8.59. The van der Waals surface area contributed by atoms with Crippen LogP contribution in [0.5, 0.6) is 0 Å². The van der Waals surface area contributed by atoms with Crippen molar-refractivity contribution in [2.45, 2.75) is 0 Å². The number of hydrogen-bond acceptors (Lipinski definition) is 3. The Bertz CT molecular complexity index is 1240. The van der Waals surface area contributed by atoms with Gasteiger partial charge < -0.3 is 9.73 Å². The van der Waals surface area contributed by atoms with Crippen LogP contribution in [0.3, 0.4) is 0 Å². The van der Waals surface area contributed by atoms with Gasteiger partial charge in [-0.1, -0.05) is 37.4 Å². The average Bonchev–Trinajstić information content (AvgIpc) is 2.92. The molecule has 0 aliphatic rings. The topological polar surface area (TPSA) is 51.0 Å². The summed E-state index contributed by atoms with van der Waals surface area (Å²) in [6, 6.07) is 15.6. The number of aryl methyl sites for hydroxylation is 2. The fraction of sp³-hybridized carbons (Fsp3) is 0.0909. The maximum atomic E-state index is 12.8. The van der Waals surface area contributed by atoms with E-state index in [1.54, 1.807) is 12.3 Å². The summed E-state index contributed by atoms with van der Waals surface area (Å²) in [5.41, 5.74) is 4.32. The highest BCUT2D eigenvalue weighted by molar-refractivity contribution is 5.84. The Morgan fingerprint density at radius 3 is 2.74 bits per heavy atom. The molecule has 4 rings (SSSR count). The number of nitrogens with one attached hydrogen (secondary N) is 1. The van der Waals surface area contributed by atoms with Gasteiger partial charge in [0, 0.05) is 16.6 Å². The Morgan fingerprint density at radius 2 is 2.00 bits per heavy atom. The van der Waals surface area contributed by atoms with Crippen molar-refractivity contribution in [1.82, 2.24) is 9.88 Å². The number of aromatic nitrogens is 2. The number of nitrogens with zero attached hydrogens (tertiary/aromatic N) is 2. The van der Waals surface area contributed by atoms with Crippen LogP contribution in [-0.4, -0.2) is 4.57 Å². The van der Waals surface area contributed by atoms with Gasteiger partial charge in [-0.05, 0) is 30.5 Å². The molecule has 0 aliphatic carbocycles. The molecule has 27 heavy (non-hydrogen) atoms. The molecule has 0 radical (unpaired) electrons. The maximum Gasteiger partial charge on any atom is 0.351 e. The highest BCUT2D eigenvalue weighted by atomic mass is 16.4. The molecule has 0 amide bonds. The summed E-state index contributed by atoms with van der Waals surface area (Å²) in [6.07, 6.45) is 1.56. The molecule has 2 aromatic heterocycles. The summed E-state index contributed by atoms with van der Waals surface area (Å²) in [6.45, 7) is 7.58. The number of benzene rings is 2. The molecule has 1 N–H and O–H groups in total. The lowest BCUT2D eigenvalue weighted by Crippen LogP contribution is -2.31. The third-order valence-electron chi connectivity index (χ3n) is 4.84. The minimum absolute atomic E-state index is 0.372. The molecule has 134 valence electrons. The van der Waals surface area contributed by atoms with Crippen molar-refractivity contribution >= 4 is 27.7 Å². The molecule has 4 aromatic rings. The van der Waals surface area contributed by atoms with E-state index >= 15 is 0 Å². The van der Waals surface area contributed by atoms with Gasteiger partial charge in [0.15, 0.2) is 16.6 Å². The summed E-state index contributed by atoms with van der Waals surface area (Å²) >= 11 is 0. The Morgan fingerprint density at radius 1 is 1.22 bits per heavy atom. The van der Waals surface area contributed by atoms with Crippen LogP contribution in [0.1, 0.15) is 5.56 Å². The van der Waals surface area contributed by atoms with Crippen LogP contribution in [0.4, 0.5) is 0 Å². The van der Waals surface area contributed by atoms with Crippen LogP contribution < -0.4 is 15.5 Å². The Hall–Kier alpha value is -3.60. The molecular formula is C22H20N3O2+. The van der Waals surface area contributed by atoms with Crippen LogP contribution in [-0.2, 0) is 14.1 Å². The zero-order valence-electron chi connectivity index (χ0n) is 15.3. The molecule has 5 nitrogen and oxygen atoms in total. The summed E-state index contributed by atoms with van der Waals surface area (Å²) in [5, 5.41) is 3.80. The zero-order valence-corrected chi connectivity index (χ0v) is 15.3. The van der Waals surface area contributed by atoms with E-state index in [-0.39, 0.29) is 5.63 Å². The molecule has 0 bridgehead atoms. The number of para-hydroxylation sites is 2. The van der Waals surface area contributed by atoms with Gasteiger partial charge in [-0.2, -0.15) is 0 Å². The first-order valence-corrected chi connectivity index (χ1v) is 8.59. The first-order chi connectivity index (χ1) is 13.0. The van der Waals surface area contributed by atoms with Gasteiger partial charge in [-0.3, -0.25) is 0 Å². The van der Waals surface area contributed by atoms with Gasteiger partial charge in [0.05, 0.1) is 14.1 Å². The zero-order chi connectivity index (χ0) is 19.1. The fourth-order valence-electron chi connectivity index (χ4n) is 3.51. The largest absolute Gasteiger partial charge is 0.422 e. The predicted octanol–water partition coefficient (Wildman–Crippen LogP) is 3.48. The van der Waals surface area contributed by atoms with Crippen molar-refractivity contribution < 1.29 is 8.98 Å². The predicted molar refractivity (Wildman–Crippen MR) is 108 cm³/mol. The van der Waals surface area contributed by atoms with Crippen LogP contribution in [0.25, 0.3) is 39.1 Å². The number of fused-ring (bicyclic) bond motifs is 2. The van der Waals surface area contributed by atoms with Crippen molar-refractivity contribution in [2.75, 3.05) is 0 Å². The maximum absolute atomic E-state index is 12.8. The number of rotatable bonds is 4. The quantitative estimate of drug-likeness (QED) is 0.449. The van der Waals surface area contributed by atoms with Gasteiger partial charge in [-0.25, -0.2) is 13.9 Å².